The van der Waals surface area contributed by atoms with Gasteiger partial charge in [0.15, 0.2) is 0 Å². The van der Waals surface area contributed by atoms with Gasteiger partial charge in [0.05, 0.1) is 6.85 Å². The van der Waals surface area contributed by atoms with Crippen molar-refractivity contribution in [3.05, 3.63) is 95.4 Å². The minimum absolute atomic E-state index is 0.0353. The fraction of sp³-hybridized carbons (Fsp3) is 0.273. The molecule has 1 nitrogen and oxygen atoms in total. The zero-order valence-corrected chi connectivity index (χ0v) is 21.0. The second kappa shape index (κ2) is 7.87. The van der Waals surface area contributed by atoms with Crippen molar-refractivity contribution in [2.75, 3.05) is 0 Å². The van der Waals surface area contributed by atoms with E-state index in [1.165, 1.54) is 11.1 Å². The van der Waals surface area contributed by atoms with Gasteiger partial charge in [-0.3, -0.25) is 0 Å². The zero-order chi connectivity index (χ0) is 28.6. The van der Waals surface area contributed by atoms with Gasteiger partial charge >= 0.3 is 0 Å². The first kappa shape index (κ1) is 17.2. The molecule has 5 aromatic rings. The van der Waals surface area contributed by atoms with E-state index in [4.69, 9.17) is 11.3 Å². The highest BCUT2D eigenvalue weighted by Gasteiger charge is 2.23. The fourth-order valence-corrected chi connectivity index (χ4v) is 4.62. The van der Waals surface area contributed by atoms with E-state index >= 15 is 0 Å². The number of fused-ring (bicyclic) bond motifs is 3. The SMILES string of the molecule is [2H]c1c([2H])c([2H])c(-c2ccc3oc4cccc(-c5cc(C(C)(C)C)cc(C(C)(C)C)c5)c4c3c2C)c([2H])c1[2H]. The molecular weight excluding hydrogens is 412 g/mol. The Labute approximate surface area is 210 Å². The molecule has 0 bridgehead atoms. The molecule has 34 heavy (non-hydrogen) atoms. The standard InChI is InChI=1S/C33H34O/c1-21-26(22-12-9-8-10-13-22)16-17-29-30(21)31-27(14-11-15-28(31)34-29)23-18-24(32(2,3)4)20-25(19-23)33(5,6)7/h8-20H,1-7H3/i8D,9D,10D,12D,13D. The highest BCUT2D eigenvalue weighted by molar-refractivity contribution is 6.15. The van der Waals surface area contributed by atoms with Gasteiger partial charge in [0.25, 0.3) is 0 Å². The summed E-state index contributed by atoms with van der Waals surface area (Å²) >= 11 is 0. The third kappa shape index (κ3) is 3.84. The average molecular weight is 452 g/mol. The van der Waals surface area contributed by atoms with Crippen LogP contribution in [0.5, 0.6) is 0 Å². The zero-order valence-electron chi connectivity index (χ0n) is 26.0. The minimum atomic E-state index is -0.392. The van der Waals surface area contributed by atoms with E-state index in [1.54, 1.807) is 6.07 Å². The number of benzene rings is 4. The van der Waals surface area contributed by atoms with Crippen LogP contribution in [0, 0.1) is 6.92 Å². The van der Waals surface area contributed by atoms with Gasteiger partial charge in [-0.05, 0) is 68.8 Å². The Bertz CT molecular complexity index is 1720. The summed E-state index contributed by atoms with van der Waals surface area (Å²) in [5.41, 5.74) is 7.68. The normalized spacial score (nSPS) is 14.6. The molecule has 0 radical (unpaired) electrons. The Morgan fingerprint density at radius 1 is 0.647 bits per heavy atom. The molecule has 0 unspecified atom stereocenters. The van der Waals surface area contributed by atoms with Gasteiger partial charge in [-0.2, -0.15) is 0 Å². The minimum Gasteiger partial charge on any atom is -0.456 e. The number of hydrogen-bond acceptors (Lipinski definition) is 1. The van der Waals surface area contributed by atoms with Crippen molar-refractivity contribution in [2.24, 2.45) is 0 Å². The van der Waals surface area contributed by atoms with Crippen LogP contribution >= 0.6 is 0 Å². The molecule has 1 heterocycles. The molecule has 172 valence electrons. The predicted molar refractivity (Wildman–Crippen MR) is 147 cm³/mol. The van der Waals surface area contributed by atoms with Crippen molar-refractivity contribution in [2.45, 2.75) is 59.3 Å². The second-order valence-electron chi connectivity index (χ2n) is 11.2. The van der Waals surface area contributed by atoms with Gasteiger partial charge in [-0.1, -0.05) is 108 Å². The summed E-state index contributed by atoms with van der Waals surface area (Å²) in [6, 6.07) is 15.1. The molecule has 0 fully saturated rings. The van der Waals surface area contributed by atoms with Crippen LogP contribution in [-0.2, 0) is 10.8 Å². The number of furan rings is 1. The second-order valence-corrected chi connectivity index (χ2v) is 11.2. The highest BCUT2D eigenvalue weighted by atomic mass is 16.3. The summed E-state index contributed by atoms with van der Waals surface area (Å²) in [5, 5.41) is 1.86. The van der Waals surface area contributed by atoms with E-state index < -0.39 is 6.04 Å². The molecule has 0 amide bonds. The molecule has 0 atom stereocenters. The summed E-state index contributed by atoms with van der Waals surface area (Å²) in [6.45, 7) is 15.3. The fourth-order valence-electron chi connectivity index (χ4n) is 4.62. The average Bonchev–Trinajstić information content (AvgIpc) is 3.26. The van der Waals surface area contributed by atoms with Crippen LogP contribution in [0.1, 0.15) is 65.1 Å². The molecule has 0 aliphatic heterocycles. The summed E-state index contributed by atoms with van der Waals surface area (Å²) in [7, 11) is 0. The van der Waals surface area contributed by atoms with Crippen molar-refractivity contribution in [3.8, 4) is 22.3 Å². The molecule has 1 aromatic heterocycles. The van der Waals surface area contributed by atoms with Gasteiger partial charge in [-0.15, -0.1) is 0 Å². The Morgan fingerprint density at radius 3 is 1.88 bits per heavy atom. The lowest BCUT2D eigenvalue weighted by Gasteiger charge is -2.26. The van der Waals surface area contributed by atoms with Crippen molar-refractivity contribution < 1.29 is 11.3 Å². The lowest BCUT2D eigenvalue weighted by Crippen LogP contribution is -2.16. The van der Waals surface area contributed by atoms with E-state index in [0.717, 1.165) is 33.0 Å². The van der Waals surface area contributed by atoms with E-state index in [9.17, 15) is 0 Å². The molecule has 1 heteroatoms. The summed E-state index contributed by atoms with van der Waals surface area (Å²) in [5.74, 6) is 0. The molecule has 0 N–H and O–H groups in total. The highest BCUT2D eigenvalue weighted by Crippen LogP contribution is 2.42. The molecule has 0 aliphatic rings. The lowest BCUT2D eigenvalue weighted by molar-refractivity contribution is 0.569. The molecule has 0 saturated carbocycles. The monoisotopic (exact) mass is 451 g/mol. The molecule has 5 rings (SSSR count). The third-order valence-corrected chi connectivity index (χ3v) is 6.67. The number of hydrogen-bond donors (Lipinski definition) is 0. The van der Waals surface area contributed by atoms with Gasteiger partial charge in [0.2, 0.25) is 0 Å². The summed E-state index contributed by atoms with van der Waals surface area (Å²) in [6.07, 6.45) is 0. The maximum Gasteiger partial charge on any atom is 0.136 e. The van der Waals surface area contributed by atoms with Crippen molar-refractivity contribution in [1.82, 2.24) is 0 Å². The number of rotatable bonds is 2. The van der Waals surface area contributed by atoms with Crippen LogP contribution in [0.4, 0.5) is 0 Å². The maximum atomic E-state index is 8.55. The maximum absolute atomic E-state index is 8.55. The quantitative estimate of drug-likeness (QED) is 0.260. The molecular formula is C33H34O. The predicted octanol–water partition coefficient (Wildman–Crippen LogP) is 9.82. The van der Waals surface area contributed by atoms with E-state index in [-0.39, 0.29) is 40.6 Å². The van der Waals surface area contributed by atoms with E-state index in [2.05, 4.69) is 65.8 Å². The van der Waals surface area contributed by atoms with Crippen LogP contribution in [-0.4, -0.2) is 0 Å². The largest absolute Gasteiger partial charge is 0.456 e. The first-order chi connectivity index (χ1) is 18.1. The van der Waals surface area contributed by atoms with E-state index in [1.807, 2.05) is 25.1 Å². The van der Waals surface area contributed by atoms with Crippen LogP contribution in [0.15, 0.2) is 83.2 Å². The topological polar surface area (TPSA) is 13.1 Å². The number of aryl methyl sites for hydroxylation is 1. The molecule has 4 aromatic carbocycles. The van der Waals surface area contributed by atoms with Gasteiger partial charge in [0.1, 0.15) is 11.2 Å². The van der Waals surface area contributed by atoms with Crippen LogP contribution in [0.3, 0.4) is 0 Å². The van der Waals surface area contributed by atoms with Crippen molar-refractivity contribution in [3.63, 3.8) is 0 Å². The van der Waals surface area contributed by atoms with Crippen LogP contribution < -0.4 is 0 Å². The van der Waals surface area contributed by atoms with Crippen LogP contribution in [0.25, 0.3) is 44.2 Å². The summed E-state index contributed by atoms with van der Waals surface area (Å²) < 4.78 is 47.8. The first-order valence-corrected chi connectivity index (χ1v) is 11.8. The molecule has 0 saturated heterocycles. The first-order valence-electron chi connectivity index (χ1n) is 14.3. The van der Waals surface area contributed by atoms with Crippen molar-refractivity contribution in [1.29, 1.82) is 0 Å². The van der Waals surface area contributed by atoms with Crippen molar-refractivity contribution >= 4 is 21.9 Å². The Hall–Kier alpha value is -3.32. The van der Waals surface area contributed by atoms with Gasteiger partial charge in [-0.25, -0.2) is 0 Å². The molecule has 0 spiro atoms. The Balaban J connectivity index is 1.87. The van der Waals surface area contributed by atoms with Crippen LogP contribution in [0.2, 0.25) is 0 Å². The smallest absolute Gasteiger partial charge is 0.136 e. The third-order valence-electron chi connectivity index (χ3n) is 6.67. The lowest BCUT2D eigenvalue weighted by atomic mass is 9.78. The molecule has 0 aliphatic carbocycles. The Morgan fingerprint density at radius 2 is 1.26 bits per heavy atom. The Kier molecular flexibility index (Phi) is 3.98. The van der Waals surface area contributed by atoms with E-state index in [0.29, 0.717) is 11.1 Å². The van der Waals surface area contributed by atoms with Gasteiger partial charge in [0, 0.05) is 10.8 Å². The summed E-state index contributed by atoms with van der Waals surface area (Å²) in [4.78, 5) is 0. The van der Waals surface area contributed by atoms with Gasteiger partial charge < -0.3 is 4.42 Å².